The highest BCUT2D eigenvalue weighted by atomic mass is 35.5. The number of halogens is 2. The van der Waals surface area contributed by atoms with Crippen LogP contribution in [0.15, 0.2) is 36.7 Å². The van der Waals surface area contributed by atoms with Crippen LogP contribution in [-0.4, -0.2) is 91.3 Å². The first-order valence-electron chi connectivity index (χ1n) is 13.2. The van der Waals surface area contributed by atoms with E-state index in [-0.39, 0.29) is 28.8 Å². The summed E-state index contributed by atoms with van der Waals surface area (Å²) in [5.74, 6) is 0.935. The minimum atomic E-state index is -0.562. The van der Waals surface area contributed by atoms with Gasteiger partial charge in [0.15, 0.2) is 29.5 Å². The van der Waals surface area contributed by atoms with Crippen LogP contribution in [0.3, 0.4) is 0 Å². The van der Waals surface area contributed by atoms with Crippen LogP contribution in [-0.2, 0) is 4.79 Å². The molecule has 1 amide bonds. The van der Waals surface area contributed by atoms with Crippen molar-refractivity contribution in [3.05, 3.63) is 47.5 Å². The molecule has 2 N–H and O–H groups in total. The number of rotatable bonds is 7. The number of likely N-dealkylation sites (tertiary alicyclic amines) is 2. The molecule has 9 nitrogen and oxygen atoms in total. The standard InChI is InChI=1S/C28H34ClFN6O3/c1-31-28(37)23-12-18(15-36(23,3)17-8-10-35(2)11-9-17)39-25-13-19-22(14-24(25)38-4)32-16-33-27(19)34-21-7-5-6-20(29)26(21)30/h5-7,13-14,16-18,23H,8-12,15H2,1-4H3,(H-,31,32,33,34,37)/p+1/t18-,23-,36?/m0/s1. The second-order valence-electron chi connectivity index (χ2n) is 10.6. The van der Waals surface area contributed by atoms with E-state index in [9.17, 15) is 9.18 Å². The van der Waals surface area contributed by atoms with Crippen LogP contribution in [0, 0.1) is 5.82 Å². The summed E-state index contributed by atoms with van der Waals surface area (Å²) in [6.07, 6.45) is 3.88. The summed E-state index contributed by atoms with van der Waals surface area (Å²) in [6.45, 7) is 2.75. The van der Waals surface area contributed by atoms with Gasteiger partial charge >= 0.3 is 0 Å². The lowest BCUT2D eigenvalue weighted by molar-refractivity contribution is -0.938. The quantitative estimate of drug-likeness (QED) is 0.425. The van der Waals surface area contributed by atoms with Crippen LogP contribution in [0.5, 0.6) is 11.5 Å². The Kier molecular flexibility index (Phi) is 7.80. The van der Waals surface area contributed by atoms with Gasteiger partial charge in [-0.1, -0.05) is 17.7 Å². The van der Waals surface area contributed by atoms with E-state index in [1.807, 2.05) is 6.07 Å². The Morgan fingerprint density at radius 3 is 2.69 bits per heavy atom. The molecule has 3 heterocycles. The zero-order chi connectivity index (χ0) is 27.7. The summed E-state index contributed by atoms with van der Waals surface area (Å²) in [7, 11) is 7.60. The zero-order valence-corrected chi connectivity index (χ0v) is 23.5. The molecule has 2 saturated heterocycles. The van der Waals surface area contributed by atoms with Crippen molar-refractivity contribution in [2.75, 3.05) is 53.2 Å². The molecule has 0 spiro atoms. The number of aromatic nitrogens is 2. The van der Waals surface area contributed by atoms with Crippen LogP contribution in [0.1, 0.15) is 19.3 Å². The molecule has 11 heteroatoms. The first-order valence-corrected chi connectivity index (χ1v) is 13.6. The van der Waals surface area contributed by atoms with Crippen molar-refractivity contribution in [3.8, 4) is 11.5 Å². The number of methoxy groups -OCH3 is 1. The van der Waals surface area contributed by atoms with Crippen LogP contribution in [0.2, 0.25) is 5.02 Å². The van der Waals surface area contributed by atoms with Gasteiger partial charge in [-0.15, -0.1) is 0 Å². The Morgan fingerprint density at radius 1 is 1.21 bits per heavy atom. The SMILES string of the molecule is CNC(=O)[C@@H]1C[C@H](Oc2cc3c(Nc4cccc(Cl)c4F)ncnc3cc2OC)C[N+]1(C)C1CCN(C)CC1. The minimum absolute atomic E-state index is 0.0155. The topological polar surface area (TPSA) is 88.6 Å². The Balaban J connectivity index is 1.46. The number of carbonyl (C=O) groups is 1. The Labute approximate surface area is 232 Å². The number of benzene rings is 2. The lowest BCUT2D eigenvalue weighted by atomic mass is 9.99. The van der Waals surface area contributed by atoms with Gasteiger partial charge in [-0.05, 0) is 25.2 Å². The predicted molar refractivity (Wildman–Crippen MR) is 149 cm³/mol. The van der Waals surface area contributed by atoms with E-state index in [2.05, 4.69) is 39.6 Å². The molecule has 0 bridgehead atoms. The molecule has 3 atom stereocenters. The second-order valence-corrected chi connectivity index (χ2v) is 11.0. The minimum Gasteiger partial charge on any atom is -0.493 e. The van der Waals surface area contributed by atoms with Crippen molar-refractivity contribution in [2.45, 2.75) is 37.5 Å². The maximum Gasteiger partial charge on any atom is 0.278 e. The normalized spacial score (nSPS) is 24.1. The van der Waals surface area contributed by atoms with Gasteiger partial charge in [-0.25, -0.2) is 14.4 Å². The third-order valence-electron chi connectivity index (χ3n) is 8.29. The maximum absolute atomic E-state index is 14.6. The number of ether oxygens (including phenoxy) is 2. The fourth-order valence-electron chi connectivity index (χ4n) is 6.07. The lowest BCUT2D eigenvalue weighted by Crippen LogP contribution is -2.62. The largest absolute Gasteiger partial charge is 0.493 e. The number of likely N-dealkylation sites (N-methyl/N-ethyl adjacent to an activating group) is 2. The summed E-state index contributed by atoms with van der Waals surface area (Å²) < 4.78 is 27.5. The van der Waals surface area contributed by atoms with E-state index in [0.29, 0.717) is 51.7 Å². The van der Waals surface area contributed by atoms with Crippen molar-refractivity contribution in [1.82, 2.24) is 20.2 Å². The zero-order valence-electron chi connectivity index (χ0n) is 22.7. The molecule has 3 aromatic rings. The van der Waals surface area contributed by atoms with Crippen molar-refractivity contribution in [3.63, 3.8) is 0 Å². The molecule has 2 aliphatic heterocycles. The molecule has 208 valence electrons. The van der Waals surface area contributed by atoms with E-state index >= 15 is 0 Å². The molecule has 2 aliphatic rings. The summed E-state index contributed by atoms with van der Waals surface area (Å²) in [5, 5.41) is 6.56. The van der Waals surface area contributed by atoms with Crippen molar-refractivity contribution in [1.29, 1.82) is 0 Å². The Hall–Kier alpha value is -3.21. The van der Waals surface area contributed by atoms with E-state index < -0.39 is 5.82 Å². The van der Waals surface area contributed by atoms with Crippen molar-refractivity contribution in [2.24, 2.45) is 0 Å². The molecular weight excluding hydrogens is 523 g/mol. The van der Waals surface area contributed by atoms with Gasteiger partial charge in [0.1, 0.15) is 18.7 Å². The summed E-state index contributed by atoms with van der Waals surface area (Å²) >= 11 is 5.97. The molecule has 5 rings (SSSR count). The number of amides is 1. The summed E-state index contributed by atoms with van der Waals surface area (Å²) in [6, 6.07) is 8.52. The van der Waals surface area contributed by atoms with E-state index in [4.69, 9.17) is 21.1 Å². The van der Waals surface area contributed by atoms with Crippen molar-refractivity contribution < 1.29 is 23.1 Å². The van der Waals surface area contributed by atoms with E-state index in [0.717, 1.165) is 25.9 Å². The average molecular weight is 558 g/mol. The molecule has 2 fully saturated rings. The number of hydrogen-bond acceptors (Lipinski definition) is 7. The third-order valence-corrected chi connectivity index (χ3v) is 8.58. The molecule has 1 aromatic heterocycles. The number of fused-ring (bicyclic) bond motifs is 1. The van der Waals surface area contributed by atoms with Crippen molar-refractivity contribution >= 4 is 39.9 Å². The molecule has 0 radical (unpaired) electrons. The van der Waals surface area contributed by atoms with Gasteiger partial charge in [-0.2, -0.15) is 0 Å². The highest BCUT2D eigenvalue weighted by Gasteiger charge is 2.53. The van der Waals surface area contributed by atoms with Crippen LogP contribution < -0.4 is 20.1 Å². The number of piperidine rings is 1. The third kappa shape index (κ3) is 5.33. The van der Waals surface area contributed by atoms with Gasteiger partial charge in [0, 0.05) is 44.4 Å². The molecule has 2 aromatic carbocycles. The van der Waals surface area contributed by atoms with E-state index in [1.165, 1.54) is 12.4 Å². The molecule has 0 saturated carbocycles. The van der Waals surface area contributed by atoms with E-state index in [1.54, 1.807) is 32.4 Å². The molecule has 39 heavy (non-hydrogen) atoms. The lowest BCUT2D eigenvalue weighted by Gasteiger charge is -2.45. The van der Waals surface area contributed by atoms with Gasteiger partial charge in [0.25, 0.3) is 5.91 Å². The number of nitrogens with zero attached hydrogens (tertiary/aromatic N) is 4. The number of anilines is 2. The van der Waals surface area contributed by atoms with Gasteiger partial charge in [0.2, 0.25) is 0 Å². The first kappa shape index (κ1) is 27.4. The number of quaternary nitrogens is 1. The highest BCUT2D eigenvalue weighted by molar-refractivity contribution is 6.31. The molecule has 0 aliphatic carbocycles. The molecular formula is C28H35ClFN6O3+. The number of nitrogens with one attached hydrogen (secondary N) is 2. The Bertz CT molecular complexity index is 1370. The van der Waals surface area contributed by atoms with Gasteiger partial charge in [0.05, 0.1) is 42.8 Å². The average Bonchev–Trinajstić information content (AvgIpc) is 3.27. The fraction of sp³-hybridized carbons (Fsp3) is 0.464. The van der Waals surface area contributed by atoms with Crippen LogP contribution in [0.4, 0.5) is 15.9 Å². The smallest absolute Gasteiger partial charge is 0.278 e. The molecule has 1 unspecified atom stereocenters. The summed E-state index contributed by atoms with van der Waals surface area (Å²) in [5.41, 5.74) is 0.817. The first-order chi connectivity index (χ1) is 18.7. The van der Waals surface area contributed by atoms with Crippen LogP contribution in [0.25, 0.3) is 10.9 Å². The number of carbonyl (C=O) groups excluding carboxylic acids is 1. The maximum atomic E-state index is 14.6. The second kappa shape index (κ2) is 11.1. The summed E-state index contributed by atoms with van der Waals surface area (Å²) in [4.78, 5) is 24.1. The van der Waals surface area contributed by atoms with Gasteiger partial charge < -0.3 is 29.5 Å². The number of hydrogen-bond donors (Lipinski definition) is 2. The Morgan fingerprint density at radius 2 is 1.97 bits per heavy atom. The predicted octanol–water partition coefficient (Wildman–Crippen LogP) is 3.98. The highest BCUT2D eigenvalue weighted by Crippen LogP contribution is 2.39. The fourth-order valence-corrected chi connectivity index (χ4v) is 6.24. The monoisotopic (exact) mass is 557 g/mol. The van der Waals surface area contributed by atoms with Gasteiger partial charge in [-0.3, -0.25) is 4.79 Å². The van der Waals surface area contributed by atoms with Crippen LogP contribution >= 0.6 is 11.6 Å².